The van der Waals surface area contributed by atoms with Crippen LogP contribution in [0.1, 0.15) is 52.9 Å². The van der Waals surface area contributed by atoms with Crippen LogP contribution in [0, 0.1) is 0 Å². The van der Waals surface area contributed by atoms with E-state index in [9.17, 15) is 4.79 Å². The van der Waals surface area contributed by atoms with Crippen molar-refractivity contribution in [3.05, 3.63) is 43.0 Å². The maximum atomic E-state index is 13.1. The summed E-state index contributed by atoms with van der Waals surface area (Å²) in [5.41, 5.74) is 2.89. The van der Waals surface area contributed by atoms with Crippen LogP contribution in [-0.2, 0) is 16.2 Å². The fourth-order valence-electron chi connectivity index (χ4n) is 6.63. The number of benzene rings is 1. The molecule has 0 spiro atoms. The molecule has 5 heterocycles. The molecular formula is C33H47N9O3Si. The maximum Gasteiger partial charge on any atom is 0.410 e. The molecule has 1 unspecified atom stereocenters. The zero-order valence-electron chi connectivity index (χ0n) is 28.2. The van der Waals surface area contributed by atoms with Gasteiger partial charge in [-0.2, -0.15) is 10.2 Å². The van der Waals surface area contributed by atoms with Crippen LogP contribution in [0.4, 0.5) is 10.7 Å². The molecule has 12 nitrogen and oxygen atoms in total. The van der Waals surface area contributed by atoms with Crippen LogP contribution in [0.3, 0.4) is 0 Å². The molecule has 46 heavy (non-hydrogen) atoms. The Kier molecular flexibility index (Phi) is 8.90. The Morgan fingerprint density at radius 2 is 1.83 bits per heavy atom. The second-order valence-electron chi connectivity index (χ2n) is 14.8. The molecule has 2 bridgehead atoms. The molecule has 0 N–H and O–H groups in total. The van der Waals surface area contributed by atoms with E-state index in [0.29, 0.717) is 25.0 Å². The molecule has 1 amide bonds. The molecule has 246 valence electrons. The van der Waals surface area contributed by atoms with Gasteiger partial charge in [-0.25, -0.2) is 19.1 Å². The zero-order chi connectivity index (χ0) is 32.6. The number of aromatic nitrogens is 7. The Labute approximate surface area is 272 Å². The summed E-state index contributed by atoms with van der Waals surface area (Å²) in [5.74, 6) is 0.577. The molecule has 0 radical (unpaired) electrons. The summed E-state index contributed by atoms with van der Waals surface area (Å²) in [5, 5.41) is 19.4. The van der Waals surface area contributed by atoms with E-state index in [1.807, 2.05) is 72.7 Å². The van der Waals surface area contributed by atoms with Gasteiger partial charge in [-0.15, -0.1) is 10.2 Å². The average Bonchev–Trinajstić information content (AvgIpc) is 3.68. The molecule has 0 aliphatic carbocycles. The van der Waals surface area contributed by atoms with Crippen molar-refractivity contribution in [3.63, 3.8) is 0 Å². The van der Waals surface area contributed by atoms with Gasteiger partial charge in [-0.05, 0) is 77.1 Å². The van der Waals surface area contributed by atoms with Crippen molar-refractivity contribution in [3.8, 4) is 16.9 Å². The number of anilines is 1. The number of ether oxygens (including phenoxy) is 2. The number of piperidine rings is 2. The highest BCUT2D eigenvalue weighted by atomic mass is 28.3. The van der Waals surface area contributed by atoms with Gasteiger partial charge in [-0.1, -0.05) is 19.6 Å². The van der Waals surface area contributed by atoms with Crippen LogP contribution < -0.4 is 4.90 Å². The topological polar surface area (TPSA) is 116 Å². The Hall–Kier alpha value is -3.84. The van der Waals surface area contributed by atoms with Crippen LogP contribution >= 0.6 is 0 Å². The number of carbonyl (C=O) groups excluding carboxylic acids is 1. The Bertz CT molecular complexity index is 1630. The van der Waals surface area contributed by atoms with Crippen molar-refractivity contribution >= 4 is 31.0 Å². The van der Waals surface area contributed by atoms with Crippen molar-refractivity contribution < 1.29 is 14.3 Å². The molecule has 2 aliphatic heterocycles. The molecule has 4 aromatic rings. The number of rotatable bonds is 9. The summed E-state index contributed by atoms with van der Waals surface area (Å²) in [6.45, 7) is 13.9. The smallest absolute Gasteiger partial charge is 0.410 e. The first-order chi connectivity index (χ1) is 21.9. The molecule has 3 atom stereocenters. The number of fused-ring (bicyclic) bond motifs is 3. The Morgan fingerprint density at radius 1 is 1.07 bits per heavy atom. The molecule has 2 saturated heterocycles. The molecule has 2 fully saturated rings. The lowest BCUT2D eigenvalue weighted by Crippen LogP contribution is -2.59. The molecule has 13 heteroatoms. The summed E-state index contributed by atoms with van der Waals surface area (Å²) >= 11 is 0. The highest BCUT2D eigenvalue weighted by Crippen LogP contribution is 2.38. The summed E-state index contributed by atoms with van der Waals surface area (Å²) < 4.78 is 15.6. The first-order valence-electron chi connectivity index (χ1n) is 16.4. The predicted molar refractivity (Wildman–Crippen MR) is 181 cm³/mol. The van der Waals surface area contributed by atoms with E-state index in [0.717, 1.165) is 60.3 Å². The fraction of sp³-hybridized carbons (Fsp3) is 0.576. The van der Waals surface area contributed by atoms with Gasteiger partial charge in [0.1, 0.15) is 18.0 Å². The van der Waals surface area contributed by atoms with Crippen molar-refractivity contribution in [2.24, 2.45) is 0 Å². The van der Waals surface area contributed by atoms with Crippen LogP contribution in [0.25, 0.3) is 27.8 Å². The van der Waals surface area contributed by atoms with E-state index in [4.69, 9.17) is 19.6 Å². The highest BCUT2D eigenvalue weighted by Gasteiger charge is 2.44. The van der Waals surface area contributed by atoms with Crippen molar-refractivity contribution in [2.75, 3.05) is 18.6 Å². The van der Waals surface area contributed by atoms with E-state index in [1.54, 1.807) is 12.4 Å². The largest absolute Gasteiger partial charge is 0.444 e. The monoisotopic (exact) mass is 645 g/mol. The minimum absolute atomic E-state index is 0.152. The minimum atomic E-state index is -1.20. The van der Waals surface area contributed by atoms with E-state index < -0.39 is 13.7 Å². The van der Waals surface area contributed by atoms with Crippen LogP contribution in [0.2, 0.25) is 25.7 Å². The van der Waals surface area contributed by atoms with Gasteiger partial charge in [0.2, 0.25) is 5.95 Å². The molecule has 0 saturated carbocycles. The molecular weight excluding hydrogens is 599 g/mol. The summed E-state index contributed by atoms with van der Waals surface area (Å²) in [4.78, 5) is 22.0. The summed E-state index contributed by atoms with van der Waals surface area (Å²) in [7, 11) is 0.830. The highest BCUT2D eigenvalue weighted by molar-refractivity contribution is 6.76. The normalized spacial score (nSPS) is 20.2. The summed E-state index contributed by atoms with van der Waals surface area (Å²) in [6.07, 6.45) is 12.0. The number of carbonyl (C=O) groups is 1. The first kappa shape index (κ1) is 32.1. The predicted octanol–water partition coefficient (Wildman–Crippen LogP) is 6.14. The zero-order valence-corrected chi connectivity index (χ0v) is 29.2. The minimum Gasteiger partial charge on any atom is -0.444 e. The van der Waals surface area contributed by atoms with Crippen molar-refractivity contribution in [1.29, 1.82) is 0 Å². The number of amides is 1. The van der Waals surface area contributed by atoms with Crippen molar-refractivity contribution in [2.45, 2.75) is 109 Å². The summed E-state index contributed by atoms with van der Waals surface area (Å²) in [6, 6.07) is 7.57. The lowest BCUT2D eigenvalue weighted by Gasteiger charge is -2.50. The lowest BCUT2D eigenvalue weighted by molar-refractivity contribution is -0.0214. The molecule has 3 aromatic heterocycles. The Balaban J connectivity index is 1.21. The van der Waals surface area contributed by atoms with Gasteiger partial charge in [0.15, 0.2) is 0 Å². The van der Waals surface area contributed by atoms with Gasteiger partial charge < -0.3 is 19.3 Å². The quantitative estimate of drug-likeness (QED) is 0.156. The molecule has 1 aromatic carbocycles. The first-order valence-corrected chi connectivity index (χ1v) is 20.1. The Morgan fingerprint density at radius 3 is 2.46 bits per heavy atom. The van der Waals surface area contributed by atoms with Gasteiger partial charge in [0, 0.05) is 63.2 Å². The molecule has 6 rings (SSSR count). The van der Waals surface area contributed by atoms with Crippen LogP contribution in [0.5, 0.6) is 0 Å². The fourth-order valence-corrected chi connectivity index (χ4v) is 7.39. The molecule has 2 aliphatic rings. The van der Waals surface area contributed by atoms with Gasteiger partial charge >= 0.3 is 6.09 Å². The maximum absolute atomic E-state index is 13.1. The van der Waals surface area contributed by atoms with E-state index >= 15 is 0 Å². The third-order valence-corrected chi connectivity index (χ3v) is 10.7. The SMILES string of the molecule is CN(c1ncc(-c2ccc(-n3cccn3)c3c2cnn3COCC[Si](C)(C)C)nn1)C1C[C@H]2CCC[C@@H](C1)N2C(=O)OC(C)(C)C. The van der Waals surface area contributed by atoms with Gasteiger partial charge in [0.05, 0.1) is 23.6 Å². The second kappa shape index (κ2) is 12.7. The van der Waals surface area contributed by atoms with E-state index in [1.165, 1.54) is 0 Å². The third kappa shape index (κ3) is 6.94. The number of nitrogens with zero attached hydrogens (tertiary/aromatic N) is 9. The van der Waals surface area contributed by atoms with E-state index in [-0.39, 0.29) is 24.2 Å². The second-order valence-corrected chi connectivity index (χ2v) is 20.5. The number of hydrogen-bond acceptors (Lipinski definition) is 9. The van der Waals surface area contributed by atoms with Crippen LogP contribution in [-0.4, -0.2) is 91.2 Å². The lowest BCUT2D eigenvalue weighted by atomic mass is 9.81. The average molecular weight is 646 g/mol. The van der Waals surface area contributed by atoms with Gasteiger partial charge in [-0.3, -0.25) is 0 Å². The standard InChI is InChI=1S/C33H47N9O3Si/c1-33(2,3)45-32(43)42-23-10-8-11-24(42)19-25(18-23)39(4)31-34-21-28(37-38-31)26-12-13-29(40-15-9-14-35-40)30-27(26)20-36-41(30)22-44-16-17-46(5,6)7/h9,12-15,20-21,23-25H,8,10-11,16-19,22H2,1-7H3/t23-,24+,25?. The van der Waals surface area contributed by atoms with E-state index in [2.05, 4.69) is 39.8 Å². The van der Waals surface area contributed by atoms with Crippen molar-refractivity contribution in [1.82, 2.24) is 39.6 Å². The van der Waals surface area contributed by atoms with Crippen LogP contribution in [0.15, 0.2) is 43.0 Å². The van der Waals surface area contributed by atoms with Gasteiger partial charge in [0.25, 0.3) is 0 Å². The number of hydrogen-bond donors (Lipinski definition) is 0. The third-order valence-electron chi connectivity index (χ3n) is 8.98.